The lowest BCUT2D eigenvalue weighted by molar-refractivity contribution is 0.306. The maximum Gasteiger partial charge on any atom is 0.541 e. The van der Waals surface area contributed by atoms with Crippen molar-refractivity contribution in [3.63, 3.8) is 0 Å². The fourth-order valence-corrected chi connectivity index (χ4v) is 4.39. The first-order valence-electron chi connectivity index (χ1n) is 10.6. The highest BCUT2D eigenvalue weighted by Crippen LogP contribution is 2.48. The van der Waals surface area contributed by atoms with Gasteiger partial charge in [0.2, 0.25) is 0 Å². The van der Waals surface area contributed by atoms with Crippen molar-refractivity contribution in [1.82, 2.24) is 0 Å². The van der Waals surface area contributed by atoms with Crippen molar-refractivity contribution in [3.8, 4) is 17.2 Å². The highest BCUT2D eigenvalue weighted by atomic mass is 31.2. The molecule has 0 amide bonds. The van der Waals surface area contributed by atoms with Crippen LogP contribution in [-0.2, 0) is 4.57 Å². The molecule has 3 aromatic rings. The van der Waals surface area contributed by atoms with Crippen molar-refractivity contribution in [3.05, 3.63) is 83.9 Å². The van der Waals surface area contributed by atoms with Crippen molar-refractivity contribution in [1.29, 1.82) is 0 Å². The van der Waals surface area contributed by atoms with Gasteiger partial charge in [-0.05, 0) is 79.9 Å². The van der Waals surface area contributed by atoms with Gasteiger partial charge in [-0.2, -0.15) is 0 Å². The highest BCUT2D eigenvalue weighted by Gasteiger charge is 2.29. The van der Waals surface area contributed by atoms with Gasteiger partial charge >= 0.3 is 7.75 Å². The first-order valence-corrected chi connectivity index (χ1v) is 12.1. The second-order valence-electron chi connectivity index (χ2n) is 7.50. The summed E-state index contributed by atoms with van der Waals surface area (Å²) in [5.41, 5.74) is 2.62. The summed E-state index contributed by atoms with van der Waals surface area (Å²) in [5, 5.41) is 2.95. The molecule has 0 saturated carbocycles. The van der Waals surface area contributed by atoms with Crippen molar-refractivity contribution >= 4 is 13.4 Å². The molecule has 31 heavy (non-hydrogen) atoms. The average molecular weight is 439 g/mol. The molecular formula is C25H30NO4P. The van der Waals surface area contributed by atoms with Crippen molar-refractivity contribution in [2.45, 2.75) is 40.0 Å². The van der Waals surface area contributed by atoms with Crippen LogP contribution in [0, 0.1) is 13.8 Å². The maximum atomic E-state index is 13.7. The average Bonchev–Trinajstić information content (AvgIpc) is 2.72. The normalized spacial score (nSPS) is 11.1. The van der Waals surface area contributed by atoms with Gasteiger partial charge in [0.15, 0.2) is 0 Å². The van der Waals surface area contributed by atoms with E-state index in [1.165, 1.54) is 0 Å². The molecule has 0 radical (unpaired) electrons. The molecule has 0 unspecified atom stereocenters. The fraction of sp³-hybridized carbons (Fsp3) is 0.280. The Morgan fingerprint density at radius 1 is 0.774 bits per heavy atom. The van der Waals surface area contributed by atoms with Crippen LogP contribution in [0.15, 0.2) is 72.8 Å². The third-order valence-corrected chi connectivity index (χ3v) is 6.00. The molecule has 5 nitrogen and oxygen atoms in total. The summed E-state index contributed by atoms with van der Waals surface area (Å²) in [6, 6.07) is 22.1. The van der Waals surface area contributed by atoms with E-state index in [0.717, 1.165) is 36.1 Å². The summed E-state index contributed by atoms with van der Waals surface area (Å²) in [6.45, 7) is 6.75. The Labute approximate surface area is 185 Å². The molecule has 0 aliphatic heterocycles. The smallest absolute Gasteiger partial charge is 0.494 e. The van der Waals surface area contributed by atoms with E-state index >= 15 is 0 Å². The van der Waals surface area contributed by atoms with Gasteiger partial charge < -0.3 is 13.8 Å². The Bertz CT molecular complexity index is 969. The summed E-state index contributed by atoms with van der Waals surface area (Å²) in [6.07, 6.45) is 3.33. The van der Waals surface area contributed by atoms with E-state index in [0.29, 0.717) is 23.8 Å². The topological polar surface area (TPSA) is 56.8 Å². The van der Waals surface area contributed by atoms with Crippen molar-refractivity contribution in [2.75, 3.05) is 11.7 Å². The predicted molar refractivity (Wildman–Crippen MR) is 126 cm³/mol. The van der Waals surface area contributed by atoms with Crippen LogP contribution >= 0.6 is 7.75 Å². The summed E-state index contributed by atoms with van der Waals surface area (Å²) >= 11 is 0. The molecule has 0 spiro atoms. The number of anilines is 1. The van der Waals surface area contributed by atoms with Gasteiger partial charge in [0.1, 0.15) is 17.2 Å². The second-order valence-corrected chi connectivity index (χ2v) is 9.09. The van der Waals surface area contributed by atoms with Gasteiger partial charge in [0, 0.05) is 5.69 Å². The molecule has 0 aromatic heterocycles. The number of nitrogens with one attached hydrogen (secondary N) is 1. The Balaban J connectivity index is 1.76. The Morgan fingerprint density at radius 3 is 1.87 bits per heavy atom. The van der Waals surface area contributed by atoms with Crippen LogP contribution in [0.1, 0.15) is 37.3 Å². The minimum atomic E-state index is -3.76. The van der Waals surface area contributed by atoms with Gasteiger partial charge in [-0.15, -0.1) is 0 Å². The highest BCUT2D eigenvalue weighted by molar-refractivity contribution is 7.56. The third-order valence-electron chi connectivity index (χ3n) is 4.57. The zero-order valence-corrected chi connectivity index (χ0v) is 19.2. The van der Waals surface area contributed by atoms with Crippen molar-refractivity contribution in [2.24, 2.45) is 0 Å². The zero-order valence-electron chi connectivity index (χ0n) is 18.3. The molecule has 0 heterocycles. The summed E-state index contributed by atoms with van der Waals surface area (Å²) in [5.74, 6) is 1.72. The van der Waals surface area contributed by atoms with E-state index in [1.54, 1.807) is 24.3 Å². The van der Waals surface area contributed by atoms with Crippen LogP contribution in [0.25, 0.3) is 0 Å². The van der Waals surface area contributed by atoms with Gasteiger partial charge in [-0.1, -0.05) is 44.0 Å². The van der Waals surface area contributed by atoms with Gasteiger partial charge in [-0.3, -0.25) is 5.09 Å². The lowest BCUT2D eigenvalue weighted by atomic mass is 10.2. The number of hydrogen-bond acceptors (Lipinski definition) is 4. The number of ether oxygens (including phenoxy) is 1. The van der Waals surface area contributed by atoms with Crippen LogP contribution < -0.4 is 18.9 Å². The van der Waals surface area contributed by atoms with Crippen LogP contribution in [0.2, 0.25) is 0 Å². The molecule has 1 N–H and O–H groups in total. The van der Waals surface area contributed by atoms with E-state index in [2.05, 4.69) is 12.0 Å². The molecule has 3 aromatic carbocycles. The van der Waals surface area contributed by atoms with E-state index in [1.807, 2.05) is 62.4 Å². The zero-order chi connectivity index (χ0) is 22.1. The maximum absolute atomic E-state index is 13.7. The molecule has 0 aliphatic carbocycles. The quantitative estimate of drug-likeness (QED) is 0.247. The fourth-order valence-electron chi connectivity index (χ4n) is 3.01. The number of aryl methyl sites for hydroxylation is 2. The first-order chi connectivity index (χ1) is 15.0. The molecule has 0 aliphatic rings. The van der Waals surface area contributed by atoms with E-state index in [-0.39, 0.29) is 0 Å². The van der Waals surface area contributed by atoms with Gasteiger partial charge in [-0.25, -0.2) is 4.57 Å². The van der Waals surface area contributed by atoms with E-state index < -0.39 is 7.75 Å². The molecular weight excluding hydrogens is 409 g/mol. The molecule has 0 bridgehead atoms. The van der Waals surface area contributed by atoms with E-state index in [4.69, 9.17) is 13.8 Å². The lowest BCUT2D eigenvalue weighted by Crippen LogP contribution is -2.10. The first kappa shape index (κ1) is 22.8. The SMILES string of the molecule is CCCCCOc1ccc(NP(=O)(Oc2cccc(C)c2)Oc2cccc(C)c2)cc1. The molecule has 0 saturated heterocycles. The Hall–Kier alpha value is -2.91. The van der Waals surface area contributed by atoms with Gasteiger partial charge in [0.25, 0.3) is 0 Å². The minimum absolute atomic E-state index is 0.472. The van der Waals surface area contributed by atoms with Crippen LogP contribution in [-0.4, -0.2) is 6.61 Å². The number of hydrogen-bond donors (Lipinski definition) is 1. The molecule has 3 rings (SSSR count). The number of unbranched alkanes of at least 4 members (excludes halogenated alkanes) is 2. The monoisotopic (exact) mass is 439 g/mol. The molecule has 164 valence electrons. The molecule has 6 heteroatoms. The third kappa shape index (κ3) is 7.37. The molecule has 0 atom stereocenters. The van der Waals surface area contributed by atoms with Crippen LogP contribution in [0.5, 0.6) is 17.2 Å². The van der Waals surface area contributed by atoms with Crippen LogP contribution in [0.3, 0.4) is 0 Å². The lowest BCUT2D eigenvalue weighted by Gasteiger charge is -2.21. The summed E-state index contributed by atoms with van der Waals surface area (Å²) < 4.78 is 31.1. The summed E-state index contributed by atoms with van der Waals surface area (Å²) in [7, 11) is -3.76. The second kappa shape index (κ2) is 10.9. The van der Waals surface area contributed by atoms with E-state index in [9.17, 15) is 4.57 Å². The minimum Gasteiger partial charge on any atom is -0.494 e. The molecule has 0 fully saturated rings. The predicted octanol–water partition coefficient (Wildman–Crippen LogP) is 7.55. The summed E-state index contributed by atoms with van der Waals surface area (Å²) in [4.78, 5) is 0. The largest absolute Gasteiger partial charge is 0.541 e. The number of benzene rings is 3. The standard InChI is InChI=1S/C25H30NO4P/c1-4-5-6-17-28-23-15-13-22(14-16-23)26-31(27,29-24-11-7-9-20(2)18-24)30-25-12-8-10-21(3)19-25/h7-16,18-19H,4-6,17H2,1-3H3,(H,26,27). The number of rotatable bonds is 11. The Morgan fingerprint density at radius 2 is 1.35 bits per heavy atom. The van der Waals surface area contributed by atoms with Gasteiger partial charge in [0.05, 0.1) is 6.61 Å². The van der Waals surface area contributed by atoms with Crippen molar-refractivity contribution < 1.29 is 18.3 Å². The van der Waals surface area contributed by atoms with Crippen LogP contribution in [0.4, 0.5) is 5.69 Å². The Kier molecular flexibility index (Phi) is 8.02.